The van der Waals surface area contributed by atoms with Crippen LogP contribution in [-0.4, -0.2) is 17.0 Å². The average Bonchev–Trinajstić information content (AvgIpc) is 2.82. The first-order valence-electron chi connectivity index (χ1n) is 7.40. The van der Waals surface area contributed by atoms with Crippen molar-refractivity contribution in [3.05, 3.63) is 48.5 Å². The summed E-state index contributed by atoms with van der Waals surface area (Å²) in [6, 6.07) is 3.54. The molecule has 0 bridgehead atoms. The first-order valence-corrected chi connectivity index (χ1v) is 9.04. The fraction of sp³-hybridized carbons (Fsp3) is 0.375. The molecule has 3 rings (SSSR count). The molecule has 23 heavy (non-hydrogen) atoms. The monoisotopic (exact) mass is 370 g/mol. The van der Waals surface area contributed by atoms with Gasteiger partial charge < -0.3 is 9.47 Å². The van der Waals surface area contributed by atoms with Crippen LogP contribution in [0, 0.1) is 6.92 Å². The molecule has 0 radical (unpaired) electrons. The van der Waals surface area contributed by atoms with E-state index in [-0.39, 0.29) is 17.2 Å². The highest BCUT2D eigenvalue weighted by molar-refractivity contribution is 7.07. The van der Waals surface area contributed by atoms with E-state index in [0.29, 0.717) is 23.1 Å². The van der Waals surface area contributed by atoms with Crippen molar-refractivity contribution in [2.24, 2.45) is 0 Å². The molecule has 2 aromatic rings. The number of fused-ring (bicyclic) bond motifs is 1. The number of hydrogen-bond acceptors (Lipinski definition) is 3. The predicted molar refractivity (Wildman–Crippen MR) is 95.1 cm³/mol. The van der Waals surface area contributed by atoms with Gasteiger partial charge in [0.15, 0.2) is 0 Å². The van der Waals surface area contributed by atoms with Crippen LogP contribution in [0.1, 0.15) is 24.1 Å². The Morgan fingerprint density at radius 1 is 1.35 bits per heavy atom. The van der Waals surface area contributed by atoms with Crippen LogP contribution in [0.5, 0.6) is 0 Å². The number of amides is 1. The lowest BCUT2D eigenvalue weighted by Crippen LogP contribution is -2.36. The molecule has 122 valence electrons. The summed E-state index contributed by atoms with van der Waals surface area (Å²) in [4.78, 5) is 26.1. The van der Waals surface area contributed by atoms with Gasteiger partial charge in [0.05, 0.1) is 10.7 Å². The van der Waals surface area contributed by atoms with Gasteiger partial charge >= 0.3 is 4.87 Å². The van der Waals surface area contributed by atoms with Crippen LogP contribution < -0.4 is 9.77 Å². The first-order chi connectivity index (χ1) is 11.0. The van der Waals surface area contributed by atoms with Crippen LogP contribution in [0.2, 0.25) is 10.0 Å². The van der Waals surface area contributed by atoms with Crippen LogP contribution >= 0.6 is 34.5 Å². The third kappa shape index (κ3) is 3.32. The fourth-order valence-corrected chi connectivity index (χ4v) is 4.32. The maximum atomic E-state index is 12.6. The smallest absolute Gasteiger partial charge is 0.307 e. The molecule has 1 aromatic heterocycles. The van der Waals surface area contributed by atoms with Crippen molar-refractivity contribution in [3.8, 4) is 0 Å². The van der Waals surface area contributed by atoms with Crippen molar-refractivity contribution in [3.63, 3.8) is 0 Å². The predicted octanol–water partition coefficient (Wildman–Crippen LogP) is 3.89. The van der Waals surface area contributed by atoms with Crippen molar-refractivity contribution < 1.29 is 4.79 Å². The molecular weight excluding hydrogens is 355 g/mol. The molecule has 0 unspecified atom stereocenters. The van der Waals surface area contributed by atoms with Crippen molar-refractivity contribution >= 4 is 46.1 Å². The second-order valence-corrected chi connectivity index (χ2v) is 7.25. The van der Waals surface area contributed by atoms with Crippen molar-refractivity contribution in [1.29, 1.82) is 0 Å². The van der Waals surface area contributed by atoms with E-state index in [1.807, 2.05) is 18.4 Å². The molecule has 0 spiro atoms. The van der Waals surface area contributed by atoms with E-state index in [0.717, 1.165) is 41.1 Å². The quantitative estimate of drug-likeness (QED) is 0.822. The molecule has 0 atom stereocenters. The molecule has 1 aliphatic heterocycles. The number of aromatic nitrogens is 1. The molecule has 0 fully saturated rings. The van der Waals surface area contributed by atoms with Gasteiger partial charge in [0, 0.05) is 35.6 Å². The van der Waals surface area contributed by atoms with E-state index < -0.39 is 0 Å². The summed E-state index contributed by atoms with van der Waals surface area (Å²) in [5, 5.41) is 2.90. The van der Waals surface area contributed by atoms with Crippen LogP contribution in [-0.2, 0) is 17.8 Å². The zero-order valence-corrected chi connectivity index (χ0v) is 15.0. The maximum absolute atomic E-state index is 12.6. The molecule has 4 nitrogen and oxygen atoms in total. The van der Waals surface area contributed by atoms with Gasteiger partial charge in [-0.05, 0) is 37.5 Å². The summed E-state index contributed by atoms with van der Waals surface area (Å²) in [5.74, 6) is -0.0207. The van der Waals surface area contributed by atoms with Crippen molar-refractivity contribution in [1.82, 2.24) is 4.57 Å². The molecule has 0 N–H and O–H groups in total. The van der Waals surface area contributed by atoms with Gasteiger partial charge in [0.25, 0.3) is 0 Å². The number of rotatable bonds is 3. The summed E-state index contributed by atoms with van der Waals surface area (Å²) < 4.78 is 1.64. The van der Waals surface area contributed by atoms with E-state index in [2.05, 4.69) is 0 Å². The molecule has 0 saturated heterocycles. The number of carbonyl (C=O) groups is 1. The Labute approximate surface area is 148 Å². The Balaban J connectivity index is 1.81. The lowest BCUT2D eigenvalue weighted by Gasteiger charge is -2.30. The highest BCUT2D eigenvalue weighted by Crippen LogP contribution is 2.37. The maximum Gasteiger partial charge on any atom is 0.307 e. The van der Waals surface area contributed by atoms with E-state index in [9.17, 15) is 9.59 Å². The largest absolute Gasteiger partial charge is 0.311 e. The SMILES string of the molecule is Cc1csc(=O)n1CCC(=O)N1CCCc2cc(Cl)cc(Cl)c21. The highest BCUT2D eigenvalue weighted by atomic mass is 35.5. The Morgan fingerprint density at radius 3 is 2.83 bits per heavy atom. The second-order valence-electron chi connectivity index (χ2n) is 5.59. The number of carbonyl (C=O) groups excluding carboxylic acids is 1. The van der Waals surface area contributed by atoms with E-state index in [1.165, 1.54) is 0 Å². The minimum atomic E-state index is -0.0286. The number of hydrogen-bond donors (Lipinski definition) is 0. The zero-order valence-electron chi connectivity index (χ0n) is 12.6. The Bertz CT molecular complexity index is 813. The van der Waals surface area contributed by atoms with Gasteiger partial charge in [0.1, 0.15) is 0 Å². The van der Waals surface area contributed by atoms with Gasteiger partial charge in [-0.1, -0.05) is 34.5 Å². The molecule has 2 heterocycles. The zero-order chi connectivity index (χ0) is 16.6. The van der Waals surface area contributed by atoms with Gasteiger partial charge in [-0.25, -0.2) is 0 Å². The molecule has 7 heteroatoms. The summed E-state index contributed by atoms with van der Waals surface area (Å²) in [7, 11) is 0. The van der Waals surface area contributed by atoms with E-state index in [4.69, 9.17) is 23.2 Å². The summed E-state index contributed by atoms with van der Waals surface area (Å²) >= 11 is 13.5. The lowest BCUT2D eigenvalue weighted by molar-refractivity contribution is -0.118. The number of thiazole rings is 1. The van der Waals surface area contributed by atoms with Gasteiger partial charge in [-0.2, -0.15) is 0 Å². The van der Waals surface area contributed by atoms with Crippen molar-refractivity contribution in [2.45, 2.75) is 32.7 Å². The molecule has 1 aliphatic rings. The second kappa shape index (κ2) is 6.67. The minimum absolute atomic E-state index is 0.0207. The van der Waals surface area contributed by atoms with Gasteiger partial charge in [0.2, 0.25) is 5.91 Å². The first kappa shape index (κ1) is 16.6. The topological polar surface area (TPSA) is 42.3 Å². The van der Waals surface area contributed by atoms with Gasteiger partial charge in [-0.3, -0.25) is 9.59 Å². The Morgan fingerprint density at radius 2 is 2.13 bits per heavy atom. The van der Waals surface area contributed by atoms with Gasteiger partial charge in [-0.15, -0.1) is 0 Å². The molecule has 1 amide bonds. The molecule has 0 aliphatic carbocycles. The highest BCUT2D eigenvalue weighted by Gasteiger charge is 2.25. The Hall–Kier alpha value is -1.30. The third-order valence-corrected chi connectivity index (χ3v) is 5.42. The van der Waals surface area contributed by atoms with Crippen LogP contribution in [0.15, 0.2) is 22.3 Å². The van der Waals surface area contributed by atoms with Crippen LogP contribution in [0.25, 0.3) is 0 Å². The normalized spacial score (nSPS) is 14.0. The standard InChI is InChI=1S/C16H16Cl2N2O2S/c1-10-9-23-16(22)19(10)6-4-14(21)20-5-2-3-11-7-12(17)8-13(18)15(11)20/h7-9H,2-6H2,1H3. The average molecular weight is 371 g/mol. The van der Waals surface area contributed by atoms with Crippen LogP contribution in [0.3, 0.4) is 0 Å². The number of anilines is 1. The molecular formula is C16H16Cl2N2O2S. The number of aryl methyl sites for hydroxylation is 2. The summed E-state index contributed by atoms with van der Waals surface area (Å²) in [5.41, 5.74) is 2.66. The number of benzene rings is 1. The number of nitrogens with zero attached hydrogens (tertiary/aromatic N) is 2. The minimum Gasteiger partial charge on any atom is -0.311 e. The molecule has 1 aromatic carbocycles. The van der Waals surface area contributed by atoms with Crippen LogP contribution in [0.4, 0.5) is 5.69 Å². The summed E-state index contributed by atoms with van der Waals surface area (Å²) in [6.07, 6.45) is 2.02. The van der Waals surface area contributed by atoms with E-state index in [1.54, 1.807) is 15.5 Å². The lowest BCUT2D eigenvalue weighted by atomic mass is 10.0. The fourth-order valence-electron chi connectivity index (χ4n) is 2.92. The molecule has 0 saturated carbocycles. The summed E-state index contributed by atoms with van der Waals surface area (Å²) in [6.45, 7) is 2.91. The number of halogens is 2. The Kier molecular flexibility index (Phi) is 4.80. The van der Waals surface area contributed by atoms with E-state index >= 15 is 0 Å². The third-order valence-electron chi connectivity index (χ3n) is 4.03. The van der Waals surface area contributed by atoms with Crippen molar-refractivity contribution in [2.75, 3.05) is 11.4 Å².